The van der Waals surface area contributed by atoms with E-state index >= 15 is 0 Å². The molecule has 6 aliphatic rings. The highest BCUT2D eigenvalue weighted by atomic mass is 16.7. The molecule has 0 aromatic carbocycles. The average Bonchev–Trinajstić information content (AvgIpc) is 3.49. The summed E-state index contributed by atoms with van der Waals surface area (Å²) in [4.78, 5) is 14.9. The van der Waals surface area contributed by atoms with Gasteiger partial charge in [-0.2, -0.15) is 0 Å². The molecule has 1 spiro atoms. The third-order valence-corrected chi connectivity index (χ3v) is 8.41. The molecule has 6 heterocycles. The summed E-state index contributed by atoms with van der Waals surface area (Å²) in [5.74, 6) is 0.980. The van der Waals surface area contributed by atoms with Gasteiger partial charge in [-0.05, 0) is 19.8 Å². The standard InChI is InChI=1S/C25H29NO6/c1-14-19-16-13-18-24(10-7-5-4-6-8-12-27)17(9-11-26(16)24)25(19,31-18)32-21(14)22-20(29-3)15(2)23(28)30-22/h4-8,10,14,16-19,27H,9,11-13H2,1-3H3/b5-4+,8-6+,10-7+,22-21-/t14-,16?,17?,18?,19?,24?,25-/m1/s1. The molecular weight excluding hydrogens is 410 g/mol. The van der Waals surface area contributed by atoms with Crippen molar-refractivity contribution in [2.45, 2.75) is 50.2 Å². The number of piperidine rings is 1. The molecule has 8 atom stereocenters. The van der Waals surface area contributed by atoms with Gasteiger partial charge in [-0.3, -0.25) is 4.90 Å². The van der Waals surface area contributed by atoms with Gasteiger partial charge >= 0.3 is 5.97 Å². The van der Waals surface area contributed by atoms with E-state index in [0.717, 1.165) is 19.4 Å². The van der Waals surface area contributed by atoms with Crippen LogP contribution >= 0.6 is 0 Å². The quantitative estimate of drug-likeness (QED) is 0.521. The van der Waals surface area contributed by atoms with Gasteiger partial charge in [0.25, 0.3) is 0 Å². The van der Waals surface area contributed by atoms with Crippen LogP contribution < -0.4 is 0 Å². The summed E-state index contributed by atoms with van der Waals surface area (Å²) in [6.45, 7) is 4.96. The number of carbonyl (C=O) groups is 1. The molecule has 170 valence electrons. The Bertz CT molecular complexity index is 1020. The molecule has 0 aromatic rings. The first kappa shape index (κ1) is 20.3. The molecule has 6 unspecified atom stereocenters. The number of rotatable bonds is 5. The molecule has 1 N–H and O–H groups in total. The van der Waals surface area contributed by atoms with Crippen LogP contribution in [0.1, 0.15) is 26.7 Å². The minimum absolute atomic E-state index is 0.0392. The molecule has 32 heavy (non-hydrogen) atoms. The molecule has 0 aromatic heterocycles. The summed E-state index contributed by atoms with van der Waals surface area (Å²) in [5.41, 5.74) is 0.313. The number of allylic oxidation sites excluding steroid dienone is 5. The van der Waals surface area contributed by atoms with Gasteiger partial charge in [-0.25, -0.2) is 4.79 Å². The van der Waals surface area contributed by atoms with Crippen molar-refractivity contribution < 1.29 is 28.8 Å². The van der Waals surface area contributed by atoms with Crippen LogP contribution in [0.4, 0.5) is 0 Å². The first-order valence-electron chi connectivity index (χ1n) is 11.5. The number of aliphatic hydroxyl groups excluding tert-OH is 1. The number of nitrogens with zero attached hydrogens (tertiary/aromatic N) is 1. The molecule has 5 bridgehead atoms. The average molecular weight is 440 g/mol. The largest absolute Gasteiger partial charge is 0.492 e. The van der Waals surface area contributed by atoms with E-state index in [0.29, 0.717) is 28.9 Å². The molecule has 7 heteroatoms. The van der Waals surface area contributed by atoms with Crippen molar-refractivity contribution in [3.63, 3.8) is 0 Å². The molecule has 5 fully saturated rings. The van der Waals surface area contributed by atoms with Crippen LogP contribution in [0.15, 0.2) is 59.3 Å². The molecule has 0 aliphatic carbocycles. The Labute approximate surface area is 187 Å². The minimum atomic E-state index is -0.686. The van der Waals surface area contributed by atoms with Gasteiger partial charge in [-0.1, -0.05) is 43.4 Å². The Hall–Kier alpha value is -2.35. The predicted molar refractivity (Wildman–Crippen MR) is 115 cm³/mol. The molecule has 5 saturated heterocycles. The van der Waals surface area contributed by atoms with Crippen LogP contribution in [-0.4, -0.2) is 59.7 Å². The van der Waals surface area contributed by atoms with Gasteiger partial charge in [0.1, 0.15) is 5.76 Å². The van der Waals surface area contributed by atoms with E-state index in [1.165, 1.54) is 0 Å². The first-order chi connectivity index (χ1) is 15.5. The van der Waals surface area contributed by atoms with E-state index in [-0.39, 0.29) is 42.0 Å². The Morgan fingerprint density at radius 1 is 1.28 bits per heavy atom. The fourth-order valence-corrected chi connectivity index (χ4v) is 7.39. The summed E-state index contributed by atoms with van der Waals surface area (Å²) in [7, 11) is 1.56. The van der Waals surface area contributed by atoms with E-state index in [9.17, 15) is 4.79 Å². The van der Waals surface area contributed by atoms with Gasteiger partial charge in [0.2, 0.25) is 11.5 Å². The second kappa shape index (κ2) is 6.83. The Kier molecular flexibility index (Phi) is 4.32. The second-order valence-electron chi connectivity index (χ2n) is 9.57. The van der Waals surface area contributed by atoms with E-state index < -0.39 is 5.79 Å². The number of carbonyl (C=O) groups excluding carboxylic acids is 1. The lowest BCUT2D eigenvalue weighted by Gasteiger charge is -2.47. The number of cyclic esters (lactones) is 1. The van der Waals surface area contributed by atoms with Crippen LogP contribution in [0.5, 0.6) is 0 Å². The maximum absolute atomic E-state index is 12.2. The van der Waals surface area contributed by atoms with Crippen molar-refractivity contribution in [3.8, 4) is 0 Å². The smallest absolute Gasteiger partial charge is 0.343 e. The van der Waals surface area contributed by atoms with Crippen LogP contribution in [0.25, 0.3) is 0 Å². The van der Waals surface area contributed by atoms with Crippen LogP contribution in [0, 0.1) is 17.8 Å². The predicted octanol–water partition coefficient (Wildman–Crippen LogP) is 2.56. The van der Waals surface area contributed by atoms with E-state index in [2.05, 4.69) is 24.0 Å². The van der Waals surface area contributed by atoms with Gasteiger partial charge in [0.15, 0.2) is 5.76 Å². The summed E-state index contributed by atoms with van der Waals surface area (Å²) in [5, 5.41) is 8.88. The van der Waals surface area contributed by atoms with Crippen molar-refractivity contribution in [2.24, 2.45) is 17.8 Å². The molecular formula is C25H29NO6. The lowest BCUT2D eigenvalue weighted by atomic mass is 9.71. The Balaban J connectivity index is 1.39. The van der Waals surface area contributed by atoms with Crippen LogP contribution in [0.3, 0.4) is 0 Å². The summed E-state index contributed by atoms with van der Waals surface area (Å²) >= 11 is 0. The maximum atomic E-state index is 12.2. The number of esters is 1. The number of aliphatic hydroxyl groups is 1. The topological polar surface area (TPSA) is 77.5 Å². The Morgan fingerprint density at radius 3 is 2.88 bits per heavy atom. The number of methoxy groups -OCH3 is 1. The van der Waals surface area contributed by atoms with Gasteiger partial charge < -0.3 is 24.1 Å². The number of fused-ring (bicyclic) bond motifs is 1. The second-order valence-corrected chi connectivity index (χ2v) is 9.57. The fourth-order valence-electron chi connectivity index (χ4n) is 7.39. The van der Waals surface area contributed by atoms with Crippen molar-refractivity contribution in [3.05, 3.63) is 59.3 Å². The lowest BCUT2D eigenvalue weighted by Crippen LogP contribution is -2.60. The summed E-state index contributed by atoms with van der Waals surface area (Å²) in [6.07, 6.45) is 14.0. The highest BCUT2D eigenvalue weighted by Crippen LogP contribution is 2.72. The third kappa shape index (κ3) is 2.24. The highest BCUT2D eigenvalue weighted by molar-refractivity contribution is 5.93. The van der Waals surface area contributed by atoms with Gasteiger partial charge in [0, 0.05) is 18.5 Å². The molecule has 0 amide bonds. The van der Waals surface area contributed by atoms with E-state index in [1.807, 2.05) is 18.2 Å². The van der Waals surface area contributed by atoms with E-state index in [1.54, 1.807) is 20.1 Å². The zero-order valence-electron chi connectivity index (χ0n) is 18.6. The normalized spacial score (nSPS) is 48.2. The van der Waals surface area contributed by atoms with Gasteiger partial charge in [0.05, 0.1) is 42.8 Å². The lowest BCUT2D eigenvalue weighted by molar-refractivity contribution is -0.255. The molecule has 6 aliphatic heterocycles. The van der Waals surface area contributed by atoms with Crippen molar-refractivity contribution in [2.75, 3.05) is 20.3 Å². The third-order valence-electron chi connectivity index (χ3n) is 8.41. The zero-order chi connectivity index (χ0) is 22.3. The highest BCUT2D eigenvalue weighted by Gasteiger charge is 2.83. The van der Waals surface area contributed by atoms with Gasteiger partial charge in [-0.15, -0.1) is 0 Å². The summed E-state index contributed by atoms with van der Waals surface area (Å²) in [6, 6.07) is 0.372. The molecule has 7 nitrogen and oxygen atoms in total. The number of hydrogen-bond donors (Lipinski definition) is 1. The Morgan fingerprint density at radius 2 is 2.09 bits per heavy atom. The monoisotopic (exact) mass is 439 g/mol. The maximum Gasteiger partial charge on any atom is 0.343 e. The molecule has 0 radical (unpaired) electrons. The minimum Gasteiger partial charge on any atom is -0.492 e. The van der Waals surface area contributed by atoms with Crippen LogP contribution in [-0.2, 0) is 23.7 Å². The molecule has 0 saturated carbocycles. The molecule has 6 rings (SSSR count). The van der Waals surface area contributed by atoms with Crippen molar-refractivity contribution in [1.82, 2.24) is 4.90 Å². The zero-order valence-corrected chi connectivity index (χ0v) is 18.6. The van der Waals surface area contributed by atoms with Crippen molar-refractivity contribution >= 4 is 5.97 Å². The fraction of sp³-hybridized carbons (Fsp3) is 0.560. The number of hydrogen-bond acceptors (Lipinski definition) is 7. The SMILES string of the molecule is COC1=C(C)C(=O)O/C1=C1\O[C@@]23OC4CC(C2[C@H]1C)N1CCC3C41/C=C/C=C/C=C/CO. The van der Waals surface area contributed by atoms with E-state index in [4.69, 9.17) is 24.1 Å². The number of ether oxygens (including phenoxy) is 4. The van der Waals surface area contributed by atoms with Crippen molar-refractivity contribution in [1.29, 1.82) is 0 Å². The summed E-state index contributed by atoms with van der Waals surface area (Å²) < 4.78 is 24.6. The van der Waals surface area contributed by atoms with Crippen LogP contribution in [0.2, 0.25) is 0 Å². The first-order valence-corrected chi connectivity index (χ1v) is 11.5.